The van der Waals surface area contributed by atoms with E-state index in [1.54, 1.807) is 30.2 Å². The van der Waals surface area contributed by atoms with Crippen LogP contribution in [0.15, 0.2) is 41.1 Å². The summed E-state index contributed by atoms with van der Waals surface area (Å²) in [5, 5.41) is 0. The molecule has 0 amide bonds. The molecule has 7 heteroatoms. The summed E-state index contributed by atoms with van der Waals surface area (Å²) in [7, 11) is 0. The third kappa shape index (κ3) is 8.27. The van der Waals surface area contributed by atoms with Crippen molar-refractivity contribution in [1.82, 2.24) is 14.7 Å². The maximum Gasteiger partial charge on any atom is 0.310 e. The number of nitrogens with zero attached hydrogens (tertiary/aromatic N) is 3. The van der Waals surface area contributed by atoms with Gasteiger partial charge in [0.05, 0.1) is 18.8 Å². The molecule has 0 bridgehead atoms. The van der Waals surface area contributed by atoms with Crippen LogP contribution in [0.3, 0.4) is 0 Å². The molecule has 0 radical (unpaired) electrons. The van der Waals surface area contributed by atoms with Crippen LogP contribution in [-0.2, 0) is 10.7 Å². The van der Waals surface area contributed by atoms with Crippen molar-refractivity contribution in [1.29, 1.82) is 0 Å². The fourth-order valence-electron chi connectivity index (χ4n) is 5.25. The van der Waals surface area contributed by atoms with E-state index < -0.39 is 12.5 Å². The van der Waals surface area contributed by atoms with Crippen LogP contribution >= 0.6 is 0 Å². The van der Waals surface area contributed by atoms with Crippen LogP contribution in [0.5, 0.6) is 5.75 Å². The number of benzene rings is 1. The summed E-state index contributed by atoms with van der Waals surface area (Å²) >= 11 is 0. The van der Waals surface area contributed by atoms with Crippen LogP contribution in [0.2, 0.25) is 0 Å². The lowest BCUT2D eigenvalue weighted by molar-refractivity contribution is -0.0214. The molecule has 1 aromatic carbocycles. The zero-order valence-electron chi connectivity index (χ0n) is 24.5. The third-order valence-corrected chi connectivity index (χ3v) is 8.02. The summed E-state index contributed by atoms with van der Waals surface area (Å²) in [6, 6.07) is 4.83. The molecule has 3 heterocycles. The molecule has 0 saturated carbocycles. The fraction of sp³-hybridized carbons (Fsp3) is 0.677. The molecular formula is C31H49F2N3O2. The molecule has 5 nitrogen and oxygen atoms in total. The Hall–Kier alpha value is -1.96. The number of ether oxygens (including phenoxy) is 2. The summed E-state index contributed by atoms with van der Waals surface area (Å²) in [5.41, 5.74) is 5.50. The Morgan fingerprint density at radius 2 is 1.55 bits per heavy atom. The zero-order chi connectivity index (χ0) is 27.7. The van der Waals surface area contributed by atoms with Gasteiger partial charge in [0.2, 0.25) is 0 Å². The van der Waals surface area contributed by atoms with Gasteiger partial charge in [-0.25, -0.2) is 0 Å². The number of piperazine rings is 1. The average Bonchev–Trinajstić information content (AvgIpc) is 3.17. The predicted molar refractivity (Wildman–Crippen MR) is 152 cm³/mol. The molecule has 2 fully saturated rings. The number of morpholine rings is 1. The summed E-state index contributed by atoms with van der Waals surface area (Å²) in [6.07, 6.45) is 5.02. The van der Waals surface area contributed by atoms with Gasteiger partial charge in [-0.05, 0) is 63.3 Å². The summed E-state index contributed by atoms with van der Waals surface area (Å²) in [6.45, 7) is 23.4. The molecule has 1 unspecified atom stereocenters. The van der Waals surface area contributed by atoms with E-state index in [0.29, 0.717) is 5.75 Å². The van der Waals surface area contributed by atoms with Crippen molar-refractivity contribution in [3.05, 3.63) is 52.2 Å². The smallest absolute Gasteiger partial charge is 0.310 e. The number of hydrogen-bond donors (Lipinski definition) is 0. The Kier molecular flexibility index (Phi) is 11.6. The minimum Gasteiger partial charge on any atom is -0.486 e. The third-order valence-electron chi connectivity index (χ3n) is 8.02. The highest BCUT2D eigenvalue weighted by molar-refractivity contribution is 5.42. The molecule has 38 heavy (non-hydrogen) atoms. The lowest BCUT2D eigenvalue weighted by Gasteiger charge is -2.38. The van der Waals surface area contributed by atoms with E-state index in [4.69, 9.17) is 9.47 Å². The molecule has 0 N–H and O–H groups in total. The first-order valence-electron chi connectivity index (χ1n) is 14.5. The van der Waals surface area contributed by atoms with E-state index in [2.05, 4.69) is 41.5 Å². The lowest BCUT2D eigenvalue weighted by atomic mass is 9.98. The first kappa shape index (κ1) is 30.6. The summed E-state index contributed by atoms with van der Waals surface area (Å²) < 4.78 is 36.2. The maximum absolute atomic E-state index is 13.0. The van der Waals surface area contributed by atoms with Gasteiger partial charge in [-0.3, -0.25) is 9.80 Å². The van der Waals surface area contributed by atoms with Gasteiger partial charge in [0, 0.05) is 58.1 Å². The minimum atomic E-state index is -2.80. The highest BCUT2D eigenvalue weighted by atomic mass is 19.3. The Balaban J connectivity index is 0.000000238. The van der Waals surface area contributed by atoms with Gasteiger partial charge < -0.3 is 14.4 Å². The number of aryl methyl sites for hydroxylation is 1. The standard InChI is InChI=1S/C20H35N3O.C9H8F2O.C2H6/c1-17-4-5-18(2)20(16-19(17)3)23-10-8-21(9-11-23)6-7-22-12-14-24-15-13-22;1-6-2-3-8-7(4-6)9(10,11)5-12-8;1-2/h16-17H,4-15H2,1-3H3;2-4H,5H2,1H3;1-2H3. The molecule has 2 saturated heterocycles. The number of halogens is 2. The largest absolute Gasteiger partial charge is 0.486 e. The second kappa shape index (κ2) is 14.4. The molecule has 214 valence electrons. The van der Waals surface area contributed by atoms with Gasteiger partial charge in [0.25, 0.3) is 0 Å². The van der Waals surface area contributed by atoms with Gasteiger partial charge >= 0.3 is 5.92 Å². The molecule has 4 aliphatic rings. The van der Waals surface area contributed by atoms with Crippen LogP contribution in [0.25, 0.3) is 0 Å². The lowest BCUT2D eigenvalue weighted by Crippen LogP contribution is -2.49. The second-order valence-corrected chi connectivity index (χ2v) is 10.8. The second-order valence-electron chi connectivity index (χ2n) is 10.8. The number of allylic oxidation sites excluding steroid dienone is 3. The van der Waals surface area contributed by atoms with E-state index >= 15 is 0 Å². The molecule has 1 aliphatic carbocycles. The Bertz CT molecular complexity index is 948. The number of rotatable bonds is 4. The molecular weight excluding hydrogens is 484 g/mol. The highest BCUT2D eigenvalue weighted by Crippen LogP contribution is 2.41. The minimum absolute atomic E-state index is 0.0162. The van der Waals surface area contributed by atoms with Crippen molar-refractivity contribution in [3.63, 3.8) is 0 Å². The molecule has 1 aromatic rings. The van der Waals surface area contributed by atoms with Gasteiger partial charge in [-0.15, -0.1) is 0 Å². The van der Waals surface area contributed by atoms with Crippen LogP contribution in [0, 0.1) is 12.8 Å². The van der Waals surface area contributed by atoms with Crippen molar-refractivity contribution in [2.45, 2.75) is 60.3 Å². The first-order valence-corrected chi connectivity index (χ1v) is 14.5. The van der Waals surface area contributed by atoms with Crippen molar-refractivity contribution in [3.8, 4) is 5.75 Å². The molecule has 0 spiro atoms. The normalized spacial score (nSPS) is 23.7. The number of alkyl halides is 2. The Labute approximate surface area is 229 Å². The molecule has 1 atom stereocenters. The Morgan fingerprint density at radius 1 is 0.921 bits per heavy atom. The Morgan fingerprint density at radius 3 is 2.21 bits per heavy atom. The van der Waals surface area contributed by atoms with Crippen LogP contribution < -0.4 is 4.74 Å². The van der Waals surface area contributed by atoms with Crippen molar-refractivity contribution < 1.29 is 18.3 Å². The first-order chi connectivity index (χ1) is 18.2. The molecule has 3 aliphatic heterocycles. The van der Waals surface area contributed by atoms with Gasteiger partial charge in [0.15, 0.2) is 6.61 Å². The number of fused-ring (bicyclic) bond motifs is 1. The maximum atomic E-state index is 13.0. The summed E-state index contributed by atoms with van der Waals surface area (Å²) in [5.74, 6) is -1.76. The topological polar surface area (TPSA) is 28.2 Å². The van der Waals surface area contributed by atoms with E-state index in [1.165, 1.54) is 63.9 Å². The molecule has 0 aromatic heterocycles. The number of hydrogen-bond acceptors (Lipinski definition) is 5. The average molecular weight is 534 g/mol. The van der Waals surface area contributed by atoms with E-state index in [-0.39, 0.29) is 5.56 Å². The van der Waals surface area contributed by atoms with Crippen LogP contribution in [0.1, 0.15) is 58.6 Å². The van der Waals surface area contributed by atoms with Crippen LogP contribution in [0.4, 0.5) is 8.78 Å². The van der Waals surface area contributed by atoms with Gasteiger partial charge in [-0.1, -0.05) is 38.0 Å². The molecule has 5 rings (SSSR count). The highest BCUT2D eigenvalue weighted by Gasteiger charge is 2.41. The van der Waals surface area contributed by atoms with E-state index in [0.717, 1.165) is 37.8 Å². The van der Waals surface area contributed by atoms with Crippen molar-refractivity contribution in [2.24, 2.45) is 5.92 Å². The quantitative estimate of drug-likeness (QED) is 0.467. The van der Waals surface area contributed by atoms with Crippen molar-refractivity contribution in [2.75, 3.05) is 72.2 Å². The van der Waals surface area contributed by atoms with Gasteiger partial charge in [-0.2, -0.15) is 8.78 Å². The fourth-order valence-corrected chi connectivity index (χ4v) is 5.25. The van der Waals surface area contributed by atoms with Crippen molar-refractivity contribution >= 4 is 0 Å². The SMILES string of the molecule is CC.CC1=CC(N2CCN(CCN3CCOCC3)CC2)=C(C)CCC1C.Cc1ccc2c(c1)C(F)(F)CO2. The zero-order valence-corrected chi connectivity index (χ0v) is 24.5. The predicted octanol–water partition coefficient (Wildman–Crippen LogP) is 6.09. The van der Waals surface area contributed by atoms with E-state index in [1.807, 2.05) is 13.8 Å². The monoisotopic (exact) mass is 533 g/mol. The van der Waals surface area contributed by atoms with Crippen LogP contribution in [-0.4, -0.2) is 86.9 Å². The summed E-state index contributed by atoms with van der Waals surface area (Å²) in [4.78, 5) is 7.81. The van der Waals surface area contributed by atoms with Gasteiger partial charge in [0.1, 0.15) is 5.75 Å². The van der Waals surface area contributed by atoms with E-state index in [9.17, 15) is 8.78 Å².